The Labute approximate surface area is 178 Å². The zero-order valence-corrected chi connectivity index (χ0v) is 18.0. The molecule has 6 nitrogen and oxygen atoms in total. The van der Waals surface area contributed by atoms with E-state index in [0.717, 1.165) is 28.8 Å². The first kappa shape index (κ1) is 20.3. The number of aliphatic hydroxyl groups is 1. The number of benzene rings is 1. The van der Waals surface area contributed by atoms with Gasteiger partial charge in [-0.1, -0.05) is 11.8 Å². The van der Waals surface area contributed by atoms with E-state index in [-0.39, 0.29) is 6.61 Å². The Morgan fingerprint density at radius 1 is 1.14 bits per heavy atom. The number of aryl methyl sites for hydroxylation is 2. The third-order valence-electron chi connectivity index (χ3n) is 4.80. The van der Waals surface area contributed by atoms with Gasteiger partial charge in [0.05, 0.1) is 18.1 Å². The summed E-state index contributed by atoms with van der Waals surface area (Å²) in [6.45, 7) is 2.77. The highest BCUT2D eigenvalue weighted by atomic mass is 32.2. The van der Waals surface area contributed by atoms with Crippen molar-refractivity contribution in [2.45, 2.75) is 43.9 Å². The van der Waals surface area contributed by atoms with Crippen LogP contribution in [-0.2, 0) is 12.8 Å². The van der Waals surface area contributed by atoms with Crippen LogP contribution in [0.3, 0.4) is 0 Å². The number of fused-ring (bicyclic) bond motifs is 3. The Hall–Kier alpha value is -2.03. The van der Waals surface area contributed by atoms with E-state index in [1.807, 2.05) is 31.2 Å². The predicted octanol–water partition coefficient (Wildman–Crippen LogP) is 4.08. The number of aromatic nitrogens is 2. The van der Waals surface area contributed by atoms with Gasteiger partial charge in [-0.25, -0.2) is 9.97 Å². The molecule has 0 aliphatic heterocycles. The molecule has 154 valence electrons. The predicted molar refractivity (Wildman–Crippen MR) is 118 cm³/mol. The molecule has 1 aliphatic carbocycles. The van der Waals surface area contributed by atoms with Crippen LogP contribution in [0.5, 0.6) is 11.5 Å². The van der Waals surface area contributed by atoms with E-state index in [1.54, 1.807) is 11.3 Å². The number of nitrogens with zero attached hydrogens (tertiary/aromatic N) is 2. The quantitative estimate of drug-likeness (QED) is 0.410. The fourth-order valence-corrected chi connectivity index (χ4v) is 5.52. The van der Waals surface area contributed by atoms with Gasteiger partial charge in [-0.2, -0.15) is 0 Å². The lowest BCUT2D eigenvalue weighted by molar-refractivity contribution is 0.126. The Bertz CT molecular complexity index is 975. The van der Waals surface area contributed by atoms with Gasteiger partial charge < -0.3 is 20.3 Å². The van der Waals surface area contributed by atoms with Crippen LogP contribution >= 0.6 is 23.1 Å². The summed E-state index contributed by atoms with van der Waals surface area (Å²) in [4.78, 5) is 11.5. The number of rotatable bonds is 8. The number of nitrogen functional groups attached to an aromatic ring is 1. The molecule has 0 radical (unpaired) electrons. The van der Waals surface area contributed by atoms with Crippen molar-refractivity contribution in [1.82, 2.24) is 9.97 Å². The molecule has 2 heterocycles. The van der Waals surface area contributed by atoms with Gasteiger partial charge in [0.15, 0.2) is 5.16 Å². The average molecular weight is 432 g/mol. The maximum Gasteiger partial charge on any atom is 0.190 e. The topological polar surface area (TPSA) is 90.5 Å². The van der Waals surface area contributed by atoms with Crippen molar-refractivity contribution in [2.75, 3.05) is 24.7 Å². The fourth-order valence-electron chi connectivity index (χ4n) is 3.44. The first-order valence-electron chi connectivity index (χ1n) is 9.88. The van der Waals surface area contributed by atoms with Crippen LogP contribution in [0.1, 0.15) is 30.2 Å². The zero-order chi connectivity index (χ0) is 20.2. The molecule has 4 rings (SSSR count). The molecule has 1 aromatic carbocycles. The van der Waals surface area contributed by atoms with Gasteiger partial charge in [-0.05, 0) is 62.4 Å². The molecule has 0 saturated carbocycles. The van der Waals surface area contributed by atoms with Crippen molar-refractivity contribution in [2.24, 2.45) is 0 Å². The number of thiophene rings is 1. The maximum absolute atomic E-state index is 10.3. The molecule has 0 saturated heterocycles. The van der Waals surface area contributed by atoms with Gasteiger partial charge in [-0.3, -0.25) is 0 Å². The Morgan fingerprint density at radius 2 is 1.86 bits per heavy atom. The number of ether oxygens (including phenoxy) is 2. The van der Waals surface area contributed by atoms with E-state index in [0.29, 0.717) is 29.1 Å². The molecule has 1 unspecified atom stereocenters. The molecule has 3 aromatic rings. The minimum absolute atomic E-state index is 0.200. The molecular formula is C21H25N3O3S2. The van der Waals surface area contributed by atoms with Gasteiger partial charge in [0.1, 0.15) is 28.8 Å². The molecule has 0 fully saturated rings. The third kappa shape index (κ3) is 4.76. The number of thioether (sulfide) groups is 1. The van der Waals surface area contributed by atoms with Gasteiger partial charge in [0.2, 0.25) is 0 Å². The summed E-state index contributed by atoms with van der Waals surface area (Å²) < 4.78 is 11.1. The molecule has 29 heavy (non-hydrogen) atoms. The lowest BCUT2D eigenvalue weighted by Crippen LogP contribution is -2.20. The highest BCUT2D eigenvalue weighted by Gasteiger charge is 2.20. The van der Waals surface area contributed by atoms with E-state index in [2.05, 4.69) is 9.97 Å². The van der Waals surface area contributed by atoms with Crippen LogP contribution in [0.4, 0.5) is 5.82 Å². The molecule has 3 N–H and O–H groups in total. The van der Waals surface area contributed by atoms with Gasteiger partial charge in [0.25, 0.3) is 0 Å². The Morgan fingerprint density at radius 3 is 2.62 bits per heavy atom. The number of anilines is 1. The van der Waals surface area contributed by atoms with E-state index < -0.39 is 6.10 Å². The third-order valence-corrected chi connectivity index (χ3v) is 6.98. The minimum Gasteiger partial charge on any atom is -0.494 e. The van der Waals surface area contributed by atoms with Crippen molar-refractivity contribution in [3.8, 4) is 11.5 Å². The molecule has 1 aliphatic rings. The number of nitrogens with two attached hydrogens (primary N) is 1. The van der Waals surface area contributed by atoms with Crippen molar-refractivity contribution >= 4 is 39.1 Å². The van der Waals surface area contributed by atoms with Crippen molar-refractivity contribution in [3.05, 3.63) is 34.7 Å². The molecule has 0 spiro atoms. The van der Waals surface area contributed by atoms with E-state index in [4.69, 9.17) is 15.2 Å². The maximum atomic E-state index is 10.3. The summed E-state index contributed by atoms with van der Waals surface area (Å²) in [5.41, 5.74) is 7.59. The summed E-state index contributed by atoms with van der Waals surface area (Å²) in [7, 11) is 0. The Balaban J connectivity index is 1.34. The smallest absolute Gasteiger partial charge is 0.190 e. The minimum atomic E-state index is -0.636. The summed E-state index contributed by atoms with van der Waals surface area (Å²) in [6.07, 6.45) is 3.98. The summed E-state index contributed by atoms with van der Waals surface area (Å²) in [5.74, 6) is 2.49. The molecule has 0 amide bonds. The second-order valence-corrected chi connectivity index (χ2v) is 9.03. The largest absolute Gasteiger partial charge is 0.494 e. The number of hydrogen-bond acceptors (Lipinski definition) is 8. The van der Waals surface area contributed by atoms with E-state index in [9.17, 15) is 5.11 Å². The van der Waals surface area contributed by atoms with Crippen LogP contribution in [-0.4, -0.2) is 40.1 Å². The van der Waals surface area contributed by atoms with Crippen molar-refractivity contribution < 1.29 is 14.6 Å². The molecule has 1 atom stereocenters. The highest BCUT2D eigenvalue weighted by molar-refractivity contribution is 7.99. The standard InChI is InChI=1S/C21H25N3O3S2/c1-2-26-14-7-9-15(10-8-14)27-11-13(25)12-28-21-23-19(22)18-16-5-3-4-6-17(16)29-20(18)24-21/h7-10,13,25H,2-6,11-12H2,1H3,(H2,22,23,24). The first-order valence-corrected chi connectivity index (χ1v) is 11.7. The van der Waals surface area contributed by atoms with Crippen LogP contribution < -0.4 is 15.2 Å². The van der Waals surface area contributed by atoms with Crippen LogP contribution in [0, 0.1) is 0 Å². The van der Waals surface area contributed by atoms with Gasteiger partial charge in [-0.15, -0.1) is 11.3 Å². The highest BCUT2D eigenvalue weighted by Crippen LogP contribution is 2.38. The van der Waals surface area contributed by atoms with Crippen LogP contribution in [0.25, 0.3) is 10.2 Å². The van der Waals surface area contributed by atoms with Crippen molar-refractivity contribution in [1.29, 1.82) is 0 Å². The summed E-state index contributed by atoms with van der Waals surface area (Å²) in [5, 5.41) is 11.9. The summed E-state index contributed by atoms with van der Waals surface area (Å²) in [6, 6.07) is 7.38. The van der Waals surface area contributed by atoms with Gasteiger partial charge in [0, 0.05) is 10.6 Å². The summed E-state index contributed by atoms with van der Waals surface area (Å²) >= 11 is 3.13. The first-order chi connectivity index (χ1) is 14.1. The molecule has 8 heteroatoms. The fraction of sp³-hybridized carbons (Fsp3) is 0.429. The normalized spacial score (nSPS) is 14.6. The average Bonchev–Trinajstić information content (AvgIpc) is 3.11. The van der Waals surface area contributed by atoms with Crippen LogP contribution in [0.2, 0.25) is 0 Å². The SMILES string of the molecule is CCOc1ccc(OCC(O)CSc2nc(N)c3c4c(sc3n2)CCCC4)cc1. The van der Waals surface area contributed by atoms with E-state index >= 15 is 0 Å². The number of hydrogen-bond donors (Lipinski definition) is 2. The lowest BCUT2D eigenvalue weighted by Gasteiger charge is -2.12. The second kappa shape index (κ2) is 9.19. The second-order valence-electron chi connectivity index (χ2n) is 6.96. The number of aliphatic hydroxyl groups excluding tert-OH is 1. The van der Waals surface area contributed by atoms with Gasteiger partial charge >= 0.3 is 0 Å². The molecular weight excluding hydrogens is 406 g/mol. The molecule has 0 bridgehead atoms. The lowest BCUT2D eigenvalue weighted by atomic mass is 9.97. The Kier molecular flexibility index (Phi) is 6.42. The molecule has 2 aromatic heterocycles. The monoisotopic (exact) mass is 431 g/mol. The van der Waals surface area contributed by atoms with Crippen LogP contribution in [0.15, 0.2) is 29.4 Å². The van der Waals surface area contributed by atoms with E-state index in [1.165, 1.54) is 35.0 Å². The zero-order valence-electron chi connectivity index (χ0n) is 16.4. The van der Waals surface area contributed by atoms with Crippen molar-refractivity contribution in [3.63, 3.8) is 0 Å².